The van der Waals surface area contributed by atoms with Gasteiger partial charge in [-0.1, -0.05) is 26.0 Å². The zero-order valence-corrected chi connectivity index (χ0v) is 12.3. The molecule has 106 valence electrons. The van der Waals surface area contributed by atoms with Crippen molar-refractivity contribution < 1.29 is 4.74 Å². The third-order valence-corrected chi connectivity index (χ3v) is 4.07. The molecule has 0 fully saturated rings. The lowest BCUT2D eigenvalue weighted by atomic mass is 9.84. The average molecular weight is 262 g/mol. The second-order valence-corrected chi connectivity index (χ2v) is 5.81. The Hall–Kier alpha value is -1.06. The van der Waals surface area contributed by atoms with Gasteiger partial charge in [0.25, 0.3) is 0 Å². The summed E-state index contributed by atoms with van der Waals surface area (Å²) < 4.78 is 5.66. The largest absolute Gasteiger partial charge is 0.493 e. The summed E-state index contributed by atoms with van der Waals surface area (Å²) in [6.07, 6.45) is 2.21. The van der Waals surface area contributed by atoms with Crippen molar-refractivity contribution in [3.8, 4) is 5.75 Å². The maximum atomic E-state index is 6.48. The number of fused-ring (bicyclic) bond motifs is 1. The summed E-state index contributed by atoms with van der Waals surface area (Å²) in [5.41, 5.74) is 9.02. The molecule has 1 aliphatic rings. The molecule has 0 aromatic heterocycles. The smallest absolute Gasteiger partial charge is 0.122 e. The fraction of sp³-hybridized carbons (Fsp3) is 0.625. The van der Waals surface area contributed by atoms with Gasteiger partial charge >= 0.3 is 0 Å². The van der Waals surface area contributed by atoms with Gasteiger partial charge < -0.3 is 15.8 Å². The molecule has 19 heavy (non-hydrogen) atoms. The number of ether oxygens (including phenoxy) is 1. The van der Waals surface area contributed by atoms with Crippen LogP contribution in [-0.2, 0) is 6.42 Å². The number of hydrogen-bond acceptors (Lipinski definition) is 3. The predicted octanol–water partition coefficient (Wildman–Crippen LogP) is 2.50. The molecular formula is C16H26N2O. The van der Waals surface area contributed by atoms with E-state index in [-0.39, 0.29) is 6.04 Å². The fourth-order valence-electron chi connectivity index (χ4n) is 2.85. The van der Waals surface area contributed by atoms with E-state index in [1.165, 1.54) is 11.1 Å². The lowest BCUT2D eigenvalue weighted by Crippen LogP contribution is -2.33. The first kappa shape index (κ1) is 14.4. The second kappa shape index (κ2) is 6.40. The summed E-state index contributed by atoms with van der Waals surface area (Å²) in [7, 11) is 1.99. The molecule has 1 aliphatic heterocycles. The molecule has 2 rings (SSSR count). The van der Waals surface area contributed by atoms with E-state index in [1.54, 1.807) is 0 Å². The number of hydrogen-bond donors (Lipinski definition) is 2. The van der Waals surface area contributed by atoms with Gasteiger partial charge in [0.1, 0.15) is 5.75 Å². The van der Waals surface area contributed by atoms with Gasteiger partial charge in [0, 0.05) is 6.04 Å². The molecule has 0 spiro atoms. The van der Waals surface area contributed by atoms with Gasteiger partial charge in [-0.2, -0.15) is 0 Å². The Labute approximate surface area is 116 Å². The van der Waals surface area contributed by atoms with Crippen LogP contribution < -0.4 is 15.8 Å². The highest BCUT2D eigenvalue weighted by atomic mass is 16.5. The van der Waals surface area contributed by atoms with E-state index in [1.807, 2.05) is 7.05 Å². The van der Waals surface area contributed by atoms with Crippen molar-refractivity contribution in [1.82, 2.24) is 5.32 Å². The van der Waals surface area contributed by atoms with E-state index in [0.717, 1.165) is 31.7 Å². The van der Waals surface area contributed by atoms with Crippen molar-refractivity contribution in [2.45, 2.75) is 32.7 Å². The molecule has 3 N–H and O–H groups in total. The SMILES string of the molecule is CNCC(C(C)C)C(N)c1ccc2c(c1)CCCO2. The molecule has 0 saturated heterocycles. The first-order valence-corrected chi connectivity index (χ1v) is 7.29. The number of rotatable bonds is 5. The Morgan fingerprint density at radius 1 is 1.37 bits per heavy atom. The highest BCUT2D eigenvalue weighted by Gasteiger charge is 2.23. The van der Waals surface area contributed by atoms with Crippen molar-refractivity contribution in [3.63, 3.8) is 0 Å². The number of nitrogens with two attached hydrogens (primary N) is 1. The van der Waals surface area contributed by atoms with E-state index in [0.29, 0.717) is 11.8 Å². The first-order valence-electron chi connectivity index (χ1n) is 7.29. The van der Waals surface area contributed by atoms with Gasteiger partial charge in [0.2, 0.25) is 0 Å². The molecule has 3 heteroatoms. The second-order valence-electron chi connectivity index (χ2n) is 5.81. The van der Waals surface area contributed by atoms with E-state index >= 15 is 0 Å². The van der Waals surface area contributed by atoms with Crippen molar-refractivity contribution in [2.75, 3.05) is 20.2 Å². The van der Waals surface area contributed by atoms with Crippen LogP contribution in [0.15, 0.2) is 18.2 Å². The van der Waals surface area contributed by atoms with Crippen molar-refractivity contribution in [2.24, 2.45) is 17.6 Å². The zero-order chi connectivity index (χ0) is 13.8. The molecule has 1 heterocycles. The van der Waals surface area contributed by atoms with E-state index in [9.17, 15) is 0 Å². The van der Waals surface area contributed by atoms with Crippen LogP contribution in [0.1, 0.15) is 37.4 Å². The third-order valence-electron chi connectivity index (χ3n) is 4.07. The molecule has 1 aromatic rings. The van der Waals surface area contributed by atoms with Gasteiger partial charge in [-0.3, -0.25) is 0 Å². The number of aryl methyl sites for hydroxylation is 1. The Bertz CT molecular complexity index is 417. The lowest BCUT2D eigenvalue weighted by molar-refractivity contribution is 0.286. The third kappa shape index (κ3) is 3.28. The summed E-state index contributed by atoms with van der Waals surface area (Å²) in [5.74, 6) is 2.05. The quantitative estimate of drug-likeness (QED) is 0.857. The van der Waals surface area contributed by atoms with Gasteiger partial charge in [0.05, 0.1) is 6.61 Å². The molecule has 0 bridgehead atoms. The normalized spacial score (nSPS) is 17.7. The maximum absolute atomic E-state index is 6.48. The Morgan fingerprint density at radius 3 is 2.84 bits per heavy atom. The van der Waals surface area contributed by atoms with Crippen LogP contribution in [0.5, 0.6) is 5.75 Å². The average Bonchev–Trinajstić information content (AvgIpc) is 2.43. The van der Waals surface area contributed by atoms with Gasteiger partial charge in [-0.05, 0) is 55.5 Å². The Morgan fingerprint density at radius 2 is 2.16 bits per heavy atom. The number of benzene rings is 1. The zero-order valence-electron chi connectivity index (χ0n) is 12.3. The minimum Gasteiger partial charge on any atom is -0.493 e. The van der Waals surface area contributed by atoms with E-state index in [4.69, 9.17) is 10.5 Å². The van der Waals surface area contributed by atoms with Crippen LogP contribution >= 0.6 is 0 Å². The molecule has 0 saturated carbocycles. The summed E-state index contributed by atoms with van der Waals surface area (Å²) in [6.45, 7) is 6.27. The van der Waals surface area contributed by atoms with Crippen molar-refractivity contribution in [1.29, 1.82) is 0 Å². The van der Waals surface area contributed by atoms with E-state index in [2.05, 4.69) is 37.4 Å². The van der Waals surface area contributed by atoms with Crippen molar-refractivity contribution >= 4 is 0 Å². The number of nitrogens with one attached hydrogen (secondary N) is 1. The Balaban J connectivity index is 2.20. The van der Waals surface area contributed by atoms with Crippen LogP contribution in [0.25, 0.3) is 0 Å². The predicted molar refractivity (Wildman–Crippen MR) is 79.4 cm³/mol. The van der Waals surface area contributed by atoms with Crippen LogP contribution in [0.2, 0.25) is 0 Å². The van der Waals surface area contributed by atoms with Gasteiger partial charge in [0.15, 0.2) is 0 Å². The minimum absolute atomic E-state index is 0.0830. The fourth-order valence-corrected chi connectivity index (χ4v) is 2.85. The monoisotopic (exact) mass is 262 g/mol. The van der Waals surface area contributed by atoms with Crippen LogP contribution in [-0.4, -0.2) is 20.2 Å². The Kier molecular flexibility index (Phi) is 4.83. The maximum Gasteiger partial charge on any atom is 0.122 e. The molecular weight excluding hydrogens is 236 g/mol. The molecule has 2 unspecified atom stereocenters. The van der Waals surface area contributed by atoms with E-state index < -0.39 is 0 Å². The minimum atomic E-state index is 0.0830. The first-order chi connectivity index (χ1) is 9.13. The molecule has 3 nitrogen and oxygen atoms in total. The van der Waals surface area contributed by atoms with Crippen molar-refractivity contribution in [3.05, 3.63) is 29.3 Å². The van der Waals surface area contributed by atoms with Crippen LogP contribution in [0.4, 0.5) is 0 Å². The molecule has 0 aliphatic carbocycles. The summed E-state index contributed by atoms with van der Waals surface area (Å²) in [5, 5.41) is 3.26. The van der Waals surface area contributed by atoms with Gasteiger partial charge in [-0.25, -0.2) is 0 Å². The molecule has 1 aromatic carbocycles. The topological polar surface area (TPSA) is 47.3 Å². The summed E-state index contributed by atoms with van der Waals surface area (Å²) in [4.78, 5) is 0. The van der Waals surface area contributed by atoms with Crippen LogP contribution in [0, 0.1) is 11.8 Å². The summed E-state index contributed by atoms with van der Waals surface area (Å²) >= 11 is 0. The summed E-state index contributed by atoms with van der Waals surface area (Å²) in [6, 6.07) is 6.53. The highest BCUT2D eigenvalue weighted by Crippen LogP contribution is 2.31. The molecule has 0 radical (unpaired) electrons. The standard InChI is InChI=1S/C16H26N2O/c1-11(2)14(10-18-3)16(17)13-6-7-15-12(9-13)5-4-8-19-15/h6-7,9,11,14,16,18H,4-5,8,10,17H2,1-3H3. The molecule has 2 atom stereocenters. The molecule has 0 amide bonds. The lowest BCUT2D eigenvalue weighted by Gasteiger charge is -2.28. The van der Waals surface area contributed by atoms with Gasteiger partial charge in [-0.15, -0.1) is 0 Å². The highest BCUT2D eigenvalue weighted by molar-refractivity contribution is 5.39. The van der Waals surface area contributed by atoms with Crippen LogP contribution in [0.3, 0.4) is 0 Å².